The molecule has 0 bridgehead atoms. The van der Waals surface area contributed by atoms with Gasteiger partial charge in [-0.1, -0.05) is 31.2 Å². The summed E-state index contributed by atoms with van der Waals surface area (Å²) in [5, 5.41) is 5.78. The van der Waals surface area contributed by atoms with Crippen molar-refractivity contribution in [3.05, 3.63) is 36.0 Å². The van der Waals surface area contributed by atoms with E-state index in [2.05, 4.69) is 54.4 Å². The molecule has 2 aromatic rings. The van der Waals surface area contributed by atoms with Gasteiger partial charge in [0, 0.05) is 24.5 Å². The topological polar surface area (TPSA) is 28.2 Å². The number of hydrogen-bond donors (Lipinski definition) is 1. The van der Waals surface area contributed by atoms with Crippen LogP contribution < -0.4 is 10.2 Å². The zero-order valence-electron chi connectivity index (χ0n) is 13.3. The van der Waals surface area contributed by atoms with Crippen LogP contribution in [0, 0.1) is 5.92 Å². The van der Waals surface area contributed by atoms with Crippen molar-refractivity contribution in [1.29, 1.82) is 0 Å². The van der Waals surface area contributed by atoms with Crippen LogP contribution in [0.4, 0.5) is 5.82 Å². The van der Waals surface area contributed by atoms with Gasteiger partial charge in [-0.25, -0.2) is 4.98 Å². The zero-order valence-corrected chi connectivity index (χ0v) is 13.3. The number of rotatable bonds is 3. The van der Waals surface area contributed by atoms with Gasteiger partial charge in [-0.3, -0.25) is 0 Å². The van der Waals surface area contributed by atoms with Crippen LogP contribution in [0.15, 0.2) is 30.3 Å². The standard InChI is InChI=1S/C18H25N3/c1-13-8-9-14(2)21(12-13)18-17-7-5-4-6-15(17)10-16(20-18)11-19-3/h4-7,10,13-14,19H,8-9,11-12H2,1-3H3. The molecule has 1 aromatic carbocycles. The normalized spacial score (nSPS) is 22.7. The van der Waals surface area contributed by atoms with E-state index in [4.69, 9.17) is 4.98 Å². The van der Waals surface area contributed by atoms with Crippen molar-refractivity contribution in [3.8, 4) is 0 Å². The highest BCUT2D eigenvalue weighted by atomic mass is 15.2. The van der Waals surface area contributed by atoms with Crippen molar-refractivity contribution in [1.82, 2.24) is 10.3 Å². The quantitative estimate of drug-likeness (QED) is 0.933. The predicted molar refractivity (Wildman–Crippen MR) is 89.7 cm³/mol. The van der Waals surface area contributed by atoms with Crippen LogP contribution in [0.3, 0.4) is 0 Å². The maximum Gasteiger partial charge on any atom is 0.137 e. The second-order valence-corrected chi connectivity index (χ2v) is 6.37. The van der Waals surface area contributed by atoms with Crippen molar-refractivity contribution >= 4 is 16.6 Å². The van der Waals surface area contributed by atoms with E-state index in [1.54, 1.807) is 0 Å². The molecule has 1 saturated heterocycles. The second kappa shape index (κ2) is 6.02. The first-order chi connectivity index (χ1) is 10.2. The van der Waals surface area contributed by atoms with E-state index in [9.17, 15) is 0 Å². The van der Waals surface area contributed by atoms with Crippen LogP contribution in [0.5, 0.6) is 0 Å². The van der Waals surface area contributed by atoms with Gasteiger partial charge in [-0.15, -0.1) is 0 Å². The molecule has 0 spiro atoms. The number of nitrogens with one attached hydrogen (secondary N) is 1. The number of benzene rings is 1. The summed E-state index contributed by atoms with van der Waals surface area (Å²) >= 11 is 0. The van der Waals surface area contributed by atoms with Gasteiger partial charge >= 0.3 is 0 Å². The van der Waals surface area contributed by atoms with Crippen LogP contribution >= 0.6 is 0 Å². The number of piperidine rings is 1. The maximum atomic E-state index is 4.96. The molecule has 112 valence electrons. The van der Waals surface area contributed by atoms with Gasteiger partial charge in [-0.05, 0) is 44.2 Å². The Hall–Kier alpha value is -1.61. The molecule has 0 saturated carbocycles. The Morgan fingerprint density at radius 1 is 1.24 bits per heavy atom. The molecule has 0 aliphatic carbocycles. The predicted octanol–water partition coefficient (Wildman–Crippen LogP) is 3.58. The second-order valence-electron chi connectivity index (χ2n) is 6.37. The minimum Gasteiger partial charge on any atom is -0.353 e. The summed E-state index contributed by atoms with van der Waals surface area (Å²) < 4.78 is 0. The van der Waals surface area contributed by atoms with E-state index in [-0.39, 0.29) is 0 Å². The number of anilines is 1. The molecule has 0 radical (unpaired) electrons. The SMILES string of the molecule is CNCc1cc2ccccc2c(N2CC(C)CCC2C)n1. The molecule has 1 aromatic heterocycles. The fourth-order valence-electron chi connectivity index (χ4n) is 3.31. The molecule has 21 heavy (non-hydrogen) atoms. The highest BCUT2D eigenvalue weighted by molar-refractivity contribution is 5.92. The first-order valence-electron chi connectivity index (χ1n) is 7.99. The summed E-state index contributed by atoms with van der Waals surface area (Å²) in [4.78, 5) is 7.47. The van der Waals surface area contributed by atoms with Gasteiger partial charge in [0.1, 0.15) is 5.82 Å². The Bertz CT molecular complexity index is 623. The van der Waals surface area contributed by atoms with Crippen molar-refractivity contribution < 1.29 is 0 Å². The highest BCUT2D eigenvalue weighted by Crippen LogP contribution is 2.32. The van der Waals surface area contributed by atoms with Crippen molar-refractivity contribution in [2.75, 3.05) is 18.5 Å². The molecule has 1 aliphatic heterocycles. The fourth-order valence-corrected chi connectivity index (χ4v) is 3.31. The average molecular weight is 283 g/mol. The van der Waals surface area contributed by atoms with Crippen LogP contribution in [0.25, 0.3) is 10.8 Å². The lowest BCUT2D eigenvalue weighted by atomic mass is 9.94. The van der Waals surface area contributed by atoms with Crippen LogP contribution in [-0.2, 0) is 6.54 Å². The van der Waals surface area contributed by atoms with Crippen LogP contribution in [0.2, 0.25) is 0 Å². The average Bonchev–Trinajstić information content (AvgIpc) is 2.49. The lowest BCUT2D eigenvalue weighted by Gasteiger charge is -2.38. The lowest BCUT2D eigenvalue weighted by Crippen LogP contribution is -2.41. The molecule has 3 heteroatoms. The monoisotopic (exact) mass is 283 g/mol. The van der Waals surface area contributed by atoms with Crippen molar-refractivity contribution in [3.63, 3.8) is 0 Å². The summed E-state index contributed by atoms with van der Waals surface area (Å²) in [7, 11) is 1.97. The van der Waals surface area contributed by atoms with E-state index < -0.39 is 0 Å². The van der Waals surface area contributed by atoms with Gasteiger partial charge in [0.05, 0.1) is 5.69 Å². The van der Waals surface area contributed by atoms with Gasteiger partial charge < -0.3 is 10.2 Å². The first kappa shape index (κ1) is 14.3. The van der Waals surface area contributed by atoms with Crippen molar-refractivity contribution in [2.24, 2.45) is 5.92 Å². The van der Waals surface area contributed by atoms with Gasteiger partial charge in [0.25, 0.3) is 0 Å². The van der Waals surface area contributed by atoms with E-state index in [1.165, 1.54) is 23.6 Å². The fraction of sp³-hybridized carbons (Fsp3) is 0.500. The molecule has 1 N–H and O–H groups in total. The minimum absolute atomic E-state index is 0.571. The van der Waals surface area contributed by atoms with Crippen LogP contribution in [0.1, 0.15) is 32.4 Å². The third-order valence-corrected chi connectivity index (χ3v) is 4.52. The first-order valence-corrected chi connectivity index (χ1v) is 7.99. The molecule has 0 amide bonds. The molecule has 3 nitrogen and oxygen atoms in total. The maximum absolute atomic E-state index is 4.96. The Labute approximate surface area is 127 Å². The summed E-state index contributed by atoms with van der Waals surface area (Å²) in [6.45, 7) is 6.60. The number of nitrogens with zero attached hydrogens (tertiary/aromatic N) is 2. The summed E-state index contributed by atoms with van der Waals surface area (Å²) in [5.74, 6) is 1.91. The molecular formula is C18H25N3. The lowest BCUT2D eigenvalue weighted by molar-refractivity contribution is 0.388. The third kappa shape index (κ3) is 2.88. The van der Waals surface area contributed by atoms with Gasteiger partial charge in [-0.2, -0.15) is 0 Å². The highest BCUT2D eigenvalue weighted by Gasteiger charge is 2.25. The molecule has 2 unspecified atom stereocenters. The molecular weight excluding hydrogens is 258 g/mol. The van der Waals surface area contributed by atoms with E-state index >= 15 is 0 Å². The molecule has 2 heterocycles. The minimum atomic E-state index is 0.571. The third-order valence-electron chi connectivity index (χ3n) is 4.52. The zero-order chi connectivity index (χ0) is 14.8. The molecule has 1 aliphatic rings. The molecule has 3 rings (SSSR count). The summed E-state index contributed by atoms with van der Waals surface area (Å²) in [6.07, 6.45) is 2.58. The number of hydrogen-bond acceptors (Lipinski definition) is 3. The van der Waals surface area contributed by atoms with Gasteiger partial charge in [0.2, 0.25) is 0 Å². The Kier molecular flexibility index (Phi) is 4.11. The van der Waals surface area contributed by atoms with Crippen molar-refractivity contribution in [2.45, 2.75) is 39.3 Å². The Balaban J connectivity index is 2.10. The largest absolute Gasteiger partial charge is 0.353 e. The number of fused-ring (bicyclic) bond motifs is 1. The Morgan fingerprint density at radius 2 is 2.05 bits per heavy atom. The van der Waals surface area contributed by atoms with Gasteiger partial charge in [0.15, 0.2) is 0 Å². The summed E-state index contributed by atoms with van der Waals surface area (Å²) in [5.41, 5.74) is 1.12. The molecule has 2 atom stereocenters. The molecule has 1 fully saturated rings. The van der Waals surface area contributed by atoms with E-state index in [0.29, 0.717) is 6.04 Å². The smallest absolute Gasteiger partial charge is 0.137 e. The van der Waals surface area contributed by atoms with E-state index in [1.807, 2.05) is 7.05 Å². The Morgan fingerprint density at radius 3 is 2.86 bits per heavy atom. The van der Waals surface area contributed by atoms with Crippen LogP contribution in [-0.4, -0.2) is 24.6 Å². The summed E-state index contributed by atoms with van der Waals surface area (Å²) in [6, 6.07) is 11.4. The number of aromatic nitrogens is 1. The van der Waals surface area contributed by atoms with E-state index in [0.717, 1.165) is 30.5 Å². The number of pyridine rings is 1.